The second-order valence-corrected chi connectivity index (χ2v) is 17.7. The van der Waals surface area contributed by atoms with Gasteiger partial charge in [0.15, 0.2) is 0 Å². The summed E-state index contributed by atoms with van der Waals surface area (Å²) in [5.74, 6) is 6.47. The molecular formula is C48H42N2O2. The van der Waals surface area contributed by atoms with E-state index in [0.29, 0.717) is 83.1 Å². The second-order valence-electron chi connectivity index (χ2n) is 17.7. The molecule has 4 aliphatic heterocycles. The first-order chi connectivity index (χ1) is 25.7. The van der Waals surface area contributed by atoms with Crippen molar-refractivity contribution in [3.63, 3.8) is 0 Å². The lowest BCUT2D eigenvalue weighted by Gasteiger charge is -2.43. The molecule has 256 valence electrons. The molecule has 2 amide bonds. The third kappa shape index (κ3) is 3.42. The van der Waals surface area contributed by atoms with Crippen LogP contribution in [0.3, 0.4) is 0 Å². The van der Waals surface area contributed by atoms with Gasteiger partial charge in [0.05, 0.1) is 11.8 Å². The predicted octanol–water partition coefficient (Wildman–Crippen LogP) is 8.32. The molecule has 4 heterocycles. The first kappa shape index (κ1) is 28.8. The fraction of sp³-hybridized carbons (Fsp3) is 0.375. The Morgan fingerprint density at radius 3 is 1.29 bits per heavy atom. The number of hydrogen-bond donors (Lipinski definition) is 0. The fourth-order valence-electron chi connectivity index (χ4n) is 14.4. The highest BCUT2D eigenvalue weighted by Crippen LogP contribution is 2.65. The number of nitrogens with zero attached hydrogens (tertiary/aromatic N) is 2. The molecule has 0 aromatic heterocycles. The molecule has 4 nitrogen and oxygen atoms in total. The van der Waals surface area contributed by atoms with Gasteiger partial charge >= 0.3 is 0 Å². The zero-order valence-electron chi connectivity index (χ0n) is 29.2. The third-order valence-corrected chi connectivity index (χ3v) is 16.0. The number of anilines is 2. The molecule has 4 fully saturated rings. The van der Waals surface area contributed by atoms with Gasteiger partial charge in [-0.3, -0.25) is 9.59 Å². The molecule has 52 heavy (non-hydrogen) atoms. The van der Waals surface area contributed by atoms with Gasteiger partial charge in [-0.1, -0.05) is 109 Å². The van der Waals surface area contributed by atoms with E-state index in [1.54, 1.807) is 0 Å². The van der Waals surface area contributed by atoms with Crippen molar-refractivity contribution in [3.8, 4) is 0 Å². The number of carbonyl (C=O) groups excluding carboxylic acids is 2. The lowest BCUT2D eigenvalue weighted by atomic mass is 9.70. The molecule has 4 bridgehead atoms. The van der Waals surface area contributed by atoms with Crippen LogP contribution in [0.1, 0.15) is 58.1 Å². The van der Waals surface area contributed by atoms with E-state index in [0.717, 1.165) is 12.8 Å². The van der Waals surface area contributed by atoms with Gasteiger partial charge in [-0.15, -0.1) is 0 Å². The number of rotatable bonds is 0. The minimum atomic E-state index is 0.227. The molecule has 14 atom stereocenters. The molecule has 4 aromatic carbocycles. The van der Waals surface area contributed by atoms with E-state index in [9.17, 15) is 9.59 Å². The van der Waals surface area contributed by atoms with E-state index in [1.807, 2.05) is 0 Å². The van der Waals surface area contributed by atoms with Gasteiger partial charge in [0.2, 0.25) is 11.8 Å². The van der Waals surface area contributed by atoms with Gasteiger partial charge in [-0.2, -0.15) is 0 Å². The Morgan fingerprint density at radius 1 is 0.442 bits per heavy atom. The number of carbonyl (C=O) groups is 2. The zero-order valence-corrected chi connectivity index (χ0v) is 29.2. The molecule has 2 saturated heterocycles. The topological polar surface area (TPSA) is 40.6 Å². The molecule has 0 N–H and O–H groups in total. The van der Waals surface area contributed by atoms with Gasteiger partial charge in [0.25, 0.3) is 0 Å². The highest BCUT2D eigenvalue weighted by molar-refractivity contribution is 6.02. The Bertz CT molecular complexity index is 2140. The number of benzene rings is 4. The zero-order chi connectivity index (χ0) is 34.0. The average Bonchev–Trinajstić information content (AvgIpc) is 4.04. The number of amides is 2. The highest BCUT2D eigenvalue weighted by Gasteiger charge is 2.66. The summed E-state index contributed by atoms with van der Waals surface area (Å²) < 4.78 is 0. The van der Waals surface area contributed by atoms with Crippen LogP contribution in [0.2, 0.25) is 0 Å². The molecule has 0 spiro atoms. The molecule has 0 unspecified atom stereocenters. The SMILES string of the molecule is O=C1[C@@H]2[C@H]([C@@H]3[C@@H]4Cc5ccccc5[C@@H]4c4ccccc4N13)[C@@H]1C=C[C@H]2C1.O=C1[C@@H]2[C@H]([C@@H]3[C@@H]4Cc5ccccc5[C@@H]4c4ccccc4N13)[C@@H]1C=C[C@H]2C1. The average molecular weight is 679 g/mol. The number of hydrogen-bond acceptors (Lipinski definition) is 2. The summed E-state index contributed by atoms with van der Waals surface area (Å²) in [6.07, 6.45) is 14.1. The first-order valence-electron chi connectivity index (χ1n) is 20.0. The van der Waals surface area contributed by atoms with Crippen molar-refractivity contribution in [2.75, 3.05) is 9.80 Å². The summed E-state index contributed by atoms with van der Waals surface area (Å²) in [6, 6.07) is 36.1. The summed E-state index contributed by atoms with van der Waals surface area (Å²) in [7, 11) is 0. The van der Waals surface area contributed by atoms with Crippen LogP contribution in [0.5, 0.6) is 0 Å². The Hall–Kier alpha value is -4.70. The standard InChI is InChI=1S/2C24H21NO/c2*26-24-21-15-10-9-14(11-15)20(21)23-18-12-13-5-1-2-6-16(13)22(18)17-7-3-4-8-19(17)25(23)24/h2*1-10,14-15,18,20-23H,11-12H2/t2*14-,15+,18-,20-,21+,22-,23+/m11/s1. The maximum Gasteiger partial charge on any atom is 0.231 e. The summed E-state index contributed by atoms with van der Waals surface area (Å²) in [5, 5.41) is 0. The molecule has 6 aliphatic carbocycles. The van der Waals surface area contributed by atoms with Gasteiger partial charge in [0.1, 0.15) is 0 Å². The van der Waals surface area contributed by atoms with E-state index in [-0.39, 0.29) is 11.8 Å². The normalized spacial score (nSPS) is 40.2. The molecule has 4 heteroatoms. The maximum absolute atomic E-state index is 13.5. The van der Waals surface area contributed by atoms with Crippen molar-refractivity contribution < 1.29 is 9.59 Å². The van der Waals surface area contributed by atoms with Crippen LogP contribution in [0.25, 0.3) is 0 Å². The molecule has 2 saturated carbocycles. The largest absolute Gasteiger partial charge is 0.308 e. The summed E-state index contributed by atoms with van der Waals surface area (Å²) >= 11 is 0. The Balaban J connectivity index is 0.000000113. The lowest BCUT2D eigenvalue weighted by molar-refractivity contribution is -0.122. The Labute approximate surface area is 305 Å². The van der Waals surface area contributed by atoms with Crippen LogP contribution in [0.4, 0.5) is 11.4 Å². The van der Waals surface area contributed by atoms with Crippen molar-refractivity contribution in [1.29, 1.82) is 0 Å². The van der Waals surface area contributed by atoms with Crippen LogP contribution in [-0.2, 0) is 22.4 Å². The summed E-state index contributed by atoms with van der Waals surface area (Å²) in [6.45, 7) is 0. The summed E-state index contributed by atoms with van der Waals surface area (Å²) in [5.41, 5.74) is 11.1. The Kier molecular flexibility index (Phi) is 5.56. The minimum absolute atomic E-state index is 0.227. The highest BCUT2D eigenvalue weighted by atomic mass is 16.2. The van der Waals surface area contributed by atoms with E-state index >= 15 is 0 Å². The quantitative estimate of drug-likeness (QED) is 0.176. The van der Waals surface area contributed by atoms with Gasteiger partial charge in [0, 0.05) is 35.3 Å². The van der Waals surface area contributed by atoms with Crippen LogP contribution >= 0.6 is 0 Å². The van der Waals surface area contributed by atoms with Crippen molar-refractivity contribution in [1.82, 2.24) is 0 Å². The third-order valence-electron chi connectivity index (χ3n) is 16.0. The van der Waals surface area contributed by atoms with Gasteiger partial charge in [-0.25, -0.2) is 0 Å². The van der Waals surface area contributed by atoms with Crippen molar-refractivity contribution in [2.24, 2.45) is 59.2 Å². The van der Waals surface area contributed by atoms with E-state index in [2.05, 4.69) is 131 Å². The van der Waals surface area contributed by atoms with Gasteiger partial charge in [-0.05, 0) is 119 Å². The van der Waals surface area contributed by atoms with Crippen LogP contribution in [0, 0.1) is 59.2 Å². The number of allylic oxidation sites excluding steroid dienone is 4. The first-order valence-corrected chi connectivity index (χ1v) is 20.0. The predicted molar refractivity (Wildman–Crippen MR) is 202 cm³/mol. The number of fused-ring (bicyclic) bond motifs is 28. The van der Waals surface area contributed by atoms with Crippen molar-refractivity contribution in [2.45, 2.75) is 49.6 Å². The fourth-order valence-corrected chi connectivity index (χ4v) is 14.4. The molecule has 0 radical (unpaired) electrons. The minimum Gasteiger partial charge on any atom is -0.308 e. The molecule has 10 aliphatic rings. The molecular weight excluding hydrogens is 637 g/mol. The van der Waals surface area contributed by atoms with Gasteiger partial charge < -0.3 is 9.80 Å². The monoisotopic (exact) mass is 678 g/mol. The van der Waals surface area contributed by atoms with E-state index in [1.165, 1.54) is 57.6 Å². The smallest absolute Gasteiger partial charge is 0.231 e. The Morgan fingerprint density at radius 2 is 0.827 bits per heavy atom. The van der Waals surface area contributed by atoms with Crippen LogP contribution < -0.4 is 9.80 Å². The van der Waals surface area contributed by atoms with E-state index < -0.39 is 0 Å². The second kappa shape index (κ2) is 10.0. The molecule has 4 aromatic rings. The number of para-hydroxylation sites is 2. The van der Waals surface area contributed by atoms with E-state index in [4.69, 9.17) is 0 Å². The lowest BCUT2D eigenvalue weighted by Crippen LogP contribution is -2.47. The molecule has 14 rings (SSSR count). The van der Waals surface area contributed by atoms with Crippen LogP contribution in [0.15, 0.2) is 121 Å². The van der Waals surface area contributed by atoms with Crippen molar-refractivity contribution in [3.05, 3.63) is 155 Å². The summed E-state index contributed by atoms with van der Waals surface area (Å²) in [4.78, 5) is 31.5. The maximum atomic E-state index is 13.5. The van der Waals surface area contributed by atoms with Crippen LogP contribution in [-0.4, -0.2) is 23.9 Å². The van der Waals surface area contributed by atoms with Crippen molar-refractivity contribution >= 4 is 23.2 Å².